The first-order valence-corrected chi connectivity index (χ1v) is 12.3. The fraction of sp³-hybridized carbons (Fsp3) is 0.393. The summed E-state index contributed by atoms with van der Waals surface area (Å²) >= 11 is 0. The summed E-state index contributed by atoms with van der Waals surface area (Å²) in [6.07, 6.45) is 5.75. The number of piperidine rings is 1. The van der Waals surface area contributed by atoms with Crippen LogP contribution in [0.2, 0.25) is 0 Å². The van der Waals surface area contributed by atoms with Gasteiger partial charge in [-0.25, -0.2) is 5.90 Å². The van der Waals surface area contributed by atoms with Gasteiger partial charge in [0.05, 0.1) is 18.2 Å². The van der Waals surface area contributed by atoms with Crippen molar-refractivity contribution >= 4 is 34.0 Å². The average molecular weight is 457 g/mol. The van der Waals surface area contributed by atoms with Gasteiger partial charge in [0, 0.05) is 47.8 Å². The van der Waals surface area contributed by atoms with Crippen molar-refractivity contribution in [2.24, 2.45) is 10.9 Å². The molecule has 0 bridgehead atoms. The van der Waals surface area contributed by atoms with Crippen LogP contribution in [0.5, 0.6) is 5.75 Å². The van der Waals surface area contributed by atoms with Gasteiger partial charge < -0.3 is 19.4 Å². The first-order chi connectivity index (χ1) is 16.6. The topological polar surface area (TPSA) is 63.3 Å². The van der Waals surface area contributed by atoms with Crippen molar-refractivity contribution in [3.8, 4) is 5.75 Å². The Morgan fingerprint density at radius 3 is 2.50 bits per heavy atom. The Labute approximate surface area is 200 Å². The summed E-state index contributed by atoms with van der Waals surface area (Å²) in [7, 11) is 0. The van der Waals surface area contributed by atoms with Crippen LogP contribution in [0.15, 0.2) is 59.6 Å². The van der Waals surface area contributed by atoms with Crippen LogP contribution < -0.4 is 20.4 Å². The molecule has 3 aliphatic rings. The predicted molar refractivity (Wildman–Crippen MR) is 138 cm³/mol. The van der Waals surface area contributed by atoms with Gasteiger partial charge >= 0.3 is 0 Å². The Bertz CT molecular complexity index is 1260. The molecule has 0 aromatic heterocycles. The van der Waals surface area contributed by atoms with Gasteiger partial charge in [0.1, 0.15) is 5.69 Å². The fourth-order valence-corrected chi connectivity index (χ4v) is 6.06. The highest BCUT2D eigenvalue weighted by atomic mass is 16.6. The van der Waals surface area contributed by atoms with E-state index in [0.717, 1.165) is 35.6 Å². The molecule has 3 heterocycles. The number of para-hydroxylation sites is 1. The highest BCUT2D eigenvalue weighted by Gasteiger charge is 2.59. The molecule has 1 spiro atoms. The standard InChI is InChI=1S/C28H32N4O2/c1-27(2)22-12-6-7-13-23(22)32(16-17-33-29)28(27)19-30-26-21-11-5-4-10-20(21)24(18-25(26)34-28)31-14-8-3-9-15-31/h4-7,10-13,18-19H,3,8-9,14-17,29H2,1-2H3. The Morgan fingerprint density at radius 2 is 1.71 bits per heavy atom. The minimum Gasteiger partial charge on any atom is -0.459 e. The smallest absolute Gasteiger partial charge is 0.229 e. The van der Waals surface area contributed by atoms with Crippen LogP contribution in [0.4, 0.5) is 17.1 Å². The van der Waals surface area contributed by atoms with Gasteiger partial charge in [0.25, 0.3) is 0 Å². The van der Waals surface area contributed by atoms with Crippen LogP contribution in [-0.2, 0) is 10.3 Å². The molecule has 0 saturated carbocycles. The number of benzene rings is 3. The summed E-state index contributed by atoms with van der Waals surface area (Å²) < 4.78 is 7.08. The second-order valence-corrected chi connectivity index (χ2v) is 10.1. The molecule has 6 heteroatoms. The maximum absolute atomic E-state index is 7.08. The van der Waals surface area contributed by atoms with E-state index < -0.39 is 5.72 Å². The number of aliphatic imine (C=N–C) groups is 1. The normalized spacial score (nSPS) is 22.7. The molecule has 1 saturated heterocycles. The van der Waals surface area contributed by atoms with E-state index in [9.17, 15) is 0 Å². The molecule has 0 aliphatic carbocycles. The predicted octanol–water partition coefficient (Wildman–Crippen LogP) is 5.31. The van der Waals surface area contributed by atoms with Gasteiger partial charge in [-0.05, 0) is 44.7 Å². The van der Waals surface area contributed by atoms with E-state index in [2.05, 4.69) is 78.2 Å². The second-order valence-electron chi connectivity index (χ2n) is 10.1. The molecule has 0 amide bonds. The van der Waals surface area contributed by atoms with Crippen molar-refractivity contribution < 1.29 is 9.57 Å². The Kier molecular flexibility index (Phi) is 5.04. The zero-order valence-electron chi connectivity index (χ0n) is 20.0. The van der Waals surface area contributed by atoms with Gasteiger partial charge in [-0.3, -0.25) is 4.99 Å². The Hall–Kier alpha value is -3.09. The third-order valence-corrected chi connectivity index (χ3v) is 7.89. The van der Waals surface area contributed by atoms with Crippen LogP contribution >= 0.6 is 0 Å². The summed E-state index contributed by atoms with van der Waals surface area (Å²) in [5.74, 6) is 6.28. The average Bonchev–Trinajstić information content (AvgIpc) is 3.05. The molecule has 6 rings (SSSR count). The molecule has 34 heavy (non-hydrogen) atoms. The first kappa shape index (κ1) is 21.4. The van der Waals surface area contributed by atoms with Crippen LogP contribution in [0.1, 0.15) is 38.7 Å². The van der Waals surface area contributed by atoms with Gasteiger partial charge in [0.2, 0.25) is 5.72 Å². The fourth-order valence-electron chi connectivity index (χ4n) is 6.06. The van der Waals surface area contributed by atoms with Crippen molar-refractivity contribution in [3.63, 3.8) is 0 Å². The third-order valence-electron chi connectivity index (χ3n) is 7.89. The number of rotatable bonds is 4. The van der Waals surface area contributed by atoms with E-state index >= 15 is 0 Å². The molecular weight excluding hydrogens is 424 g/mol. The van der Waals surface area contributed by atoms with E-state index in [4.69, 9.17) is 20.5 Å². The number of fused-ring (bicyclic) bond motifs is 4. The molecule has 1 atom stereocenters. The minimum absolute atomic E-state index is 0.337. The number of hydrogen-bond acceptors (Lipinski definition) is 6. The van der Waals surface area contributed by atoms with Gasteiger partial charge in [-0.2, -0.15) is 0 Å². The van der Waals surface area contributed by atoms with E-state index in [0.29, 0.717) is 13.2 Å². The van der Waals surface area contributed by atoms with Crippen LogP contribution in [0, 0.1) is 0 Å². The third kappa shape index (κ3) is 2.98. The maximum atomic E-state index is 7.08. The second kappa shape index (κ2) is 8.00. The molecule has 0 radical (unpaired) electrons. The number of nitrogens with zero attached hydrogens (tertiary/aromatic N) is 3. The lowest BCUT2D eigenvalue weighted by Gasteiger charge is -2.46. The van der Waals surface area contributed by atoms with E-state index in [1.165, 1.54) is 35.9 Å². The number of hydrogen-bond donors (Lipinski definition) is 1. The summed E-state index contributed by atoms with van der Waals surface area (Å²) in [6.45, 7) is 7.62. The van der Waals surface area contributed by atoms with E-state index in [1.54, 1.807) is 0 Å². The van der Waals surface area contributed by atoms with Crippen molar-refractivity contribution in [2.75, 3.05) is 36.0 Å². The van der Waals surface area contributed by atoms with Crippen molar-refractivity contribution in [3.05, 3.63) is 60.2 Å². The lowest BCUT2D eigenvalue weighted by atomic mass is 9.77. The molecule has 1 unspecified atom stereocenters. The highest BCUT2D eigenvalue weighted by molar-refractivity contribution is 6.06. The van der Waals surface area contributed by atoms with Crippen LogP contribution in [-0.4, -0.2) is 38.2 Å². The Balaban J connectivity index is 1.52. The highest BCUT2D eigenvalue weighted by Crippen LogP contribution is 2.55. The van der Waals surface area contributed by atoms with E-state index in [-0.39, 0.29) is 5.41 Å². The van der Waals surface area contributed by atoms with E-state index in [1.807, 2.05) is 6.21 Å². The molecule has 2 N–H and O–H groups in total. The summed E-state index contributed by atoms with van der Waals surface area (Å²) in [5, 5.41) is 2.37. The molecule has 1 fully saturated rings. The minimum atomic E-state index is -0.774. The quantitative estimate of drug-likeness (QED) is 0.539. The number of anilines is 2. The van der Waals surface area contributed by atoms with Crippen molar-refractivity contribution in [1.29, 1.82) is 0 Å². The summed E-state index contributed by atoms with van der Waals surface area (Å²) in [4.78, 5) is 14.9. The number of ether oxygens (including phenoxy) is 1. The summed E-state index contributed by atoms with van der Waals surface area (Å²) in [5.41, 5.74) is 3.41. The van der Waals surface area contributed by atoms with Crippen molar-refractivity contribution in [1.82, 2.24) is 0 Å². The van der Waals surface area contributed by atoms with Crippen molar-refractivity contribution in [2.45, 2.75) is 44.2 Å². The molecule has 176 valence electrons. The Morgan fingerprint density at radius 1 is 0.971 bits per heavy atom. The van der Waals surface area contributed by atoms with Gasteiger partial charge in [0.15, 0.2) is 5.75 Å². The lowest BCUT2D eigenvalue weighted by molar-refractivity contribution is 0.0667. The van der Waals surface area contributed by atoms with Gasteiger partial charge in [-0.1, -0.05) is 42.5 Å². The molecule has 3 aromatic carbocycles. The maximum Gasteiger partial charge on any atom is 0.229 e. The largest absolute Gasteiger partial charge is 0.459 e. The molecule has 3 aliphatic heterocycles. The SMILES string of the molecule is CC1(C)c2ccccc2N(CCON)C12C=Nc1c(cc(N3CCCCC3)c3ccccc13)O2. The molecular formula is C28H32N4O2. The molecule has 6 nitrogen and oxygen atoms in total. The zero-order chi connectivity index (χ0) is 23.3. The van der Waals surface area contributed by atoms with Gasteiger partial charge in [-0.15, -0.1) is 0 Å². The lowest BCUT2D eigenvalue weighted by Crippen LogP contribution is -2.62. The van der Waals surface area contributed by atoms with Crippen LogP contribution in [0.3, 0.4) is 0 Å². The summed E-state index contributed by atoms with van der Waals surface area (Å²) in [6, 6.07) is 19.3. The monoisotopic (exact) mass is 456 g/mol. The van der Waals surface area contributed by atoms with Crippen LogP contribution in [0.25, 0.3) is 10.8 Å². The number of nitrogens with two attached hydrogens (primary N) is 1. The zero-order valence-corrected chi connectivity index (χ0v) is 20.0. The molecule has 3 aromatic rings. The first-order valence-electron chi connectivity index (χ1n) is 12.3.